The van der Waals surface area contributed by atoms with Crippen LogP contribution in [0.1, 0.15) is 0 Å². The number of nitrogen functional groups attached to an aromatic ring is 1. The van der Waals surface area contributed by atoms with Gasteiger partial charge in [0.15, 0.2) is 11.6 Å². The monoisotopic (exact) mass is 270 g/mol. The molecule has 19 heavy (non-hydrogen) atoms. The summed E-state index contributed by atoms with van der Waals surface area (Å²) in [6.07, 6.45) is 0. The molecule has 0 aliphatic heterocycles. The molecule has 0 unspecified atom stereocenters. The molecule has 5 heteroatoms. The number of halogens is 1. The van der Waals surface area contributed by atoms with Gasteiger partial charge in [0.1, 0.15) is 0 Å². The molecule has 3 aromatic rings. The van der Waals surface area contributed by atoms with Crippen LogP contribution in [0.5, 0.6) is 0 Å². The topological polar surface area (TPSA) is 56.7 Å². The van der Waals surface area contributed by atoms with E-state index in [4.69, 9.17) is 17.4 Å². The van der Waals surface area contributed by atoms with Crippen LogP contribution in [0.3, 0.4) is 0 Å². The molecular weight excluding hydrogens is 260 g/mol. The molecular formula is C14H11ClN4. The quantitative estimate of drug-likeness (QED) is 0.729. The average Bonchev–Trinajstić information content (AvgIpc) is 2.83. The average molecular weight is 271 g/mol. The Bertz CT molecular complexity index is 689. The van der Waals surface area contributed by atoms with Gasteiger partial charge in [-0.05, 0) is 24.3 Å². The number of nitrogens with zero attached hydrogens (tertiary/aromatic N) is 3. The second-order valence-corrected chi connectivity index (χ2v) is 4.53. The van der Waals surface area contributed by atoms with E-state index in [2.05, 4.69) is 10.2 Å². The van der Waals surface area contributed by atoms with Gasteiger partial charge in [-0.15, -0.1) is 10.2 Å². The smallest absolute Gasteiger partial charge is 0.182 e. The minimum atomic E-state index is 0.607. The van der Waals surface area contributed by atoms with Crippen molar-refractivity contribution in [1.29, 1.82) is 0 Å². The highest BCUT2D eigenvalue weighted by Crippen LogP contribution is 2.23. The van der Waals surface area contributed by atoms with Gasteiger partial charge in [-0.2, -0.15) is 0 Å². The van der Waals surface area contributed by atoms with Crippen molar-refractivity contribution < 1.29 is 0 Å². The van der Waals surface area contributed by atoms with Gasteiger partial charge in [-0.1, -0.05) is 41.9 Å². The number of rotatable bonds is 2. The summed E-state index contributed by atoms with van der Waals surface area (Å²) in [7, 11) is 0. The first-order chi connectivity index (χ1) is 9.25. The Labute approximate surface area is 115 Å². The molecule has 1 heterocycles. The Morgan fingerprint density at radius 2 is 1.32 bits per heavy atom. The standard InChI is InChI=1S/C14H11ClN4/c15-12-8-6-11(7-9-12)14-18-17-13(19(14)16)10-4-2-1-3-5-10/h1-9H,16H2. The lowest BCUT2D eigenvalue weighted by Crippen LogP contribution is -2.11. The van der Waals surface area contributed by atoms with E-state index in [0.29, 0.717) is 16.7 Å². The maximum Gasteiger partial charge on any atom is 0.182 e. The summed E-state index contributed by atoms with van der Waals surface area (Å²) in [6, 6.07) is 17.0. The third-order valence-corrected chi connectivity index (χ3v) is 3.08. The Kier molecular flexibility index (Phi) is 2.93. The van der Waals surface area contributed by atoms with Crippen LogP contribution in [0.15, 0.2) is 54.6 Å². The van der Waals surface area contributed by atoms with Crippen LogP contribution in [-0.2, 0) is 0 Å². The van der Waals surface area contributed by atoms with E-state index in [-0.39, 0.29) is 0 Å². The first-order valence-corrected chi connectivity index (χ1v) is 6.15. The molecule has 4 nitrogen and oxygen atoms in total. The highest BCUT2D eigenvalue weighted by atomic mass is 35.5. The molecule has 0 atom stereocenters. The molecule has 0 aliphatic rings. The van der Waals surface area contributed by atoms with Gasteiger partial charge < -0.3 is 5.84 Å². The van der Waals surface area contributed by atoms with Gasteiger partial charge in [0.25, 0.3) is 0 Å². The summed E-state index contributed by atoms with van der Waals surface area (Å²) in [5.74, 6) is 7.30. The van der Waals surface area contributed by atoms with Gasteiger partial charge in [0.05, 0.1) is 0 Å². The SMILES string of the molecule is Nn1c(-c2ccccc2)nnc1-c1ccc(Cl)cc1. The molecule has 0 spiro atoms. The summed E-state index contributed by atoms with van der Waals surface area (Å²) in [5.41, 5.74) is 1.80. The molecule has 0 bridgehead atoms. The number of aromatic nitrogens is 3. The fourth-order valence-electron chi connectivity index (χ4n) is 1.87. The lowest BCUT2D eigenvalue weighted by atomic mass is 10.2. The Balaban J connectivity index is 2.06. The van der Waals surface area contributed by atoms with Crippen LogP contribution in [0.2, 0.25) is 5.02 Å². The van der Waals surface area contributed by atoms with E-state index in [9.17, 15) is 0 Å². The number of nitrogens with two attached hydrogens (primary N) is 1. The summed E-state index contributed by atoms with van der Waals surface area (Å²) >= 11 is 5.87. The zero-order chi connectivity index (χ0) is 13.2. The second-order valence-electron chi connectivity index (χ2n) is 4.09. The summed E-state index contributed by atoms with van der Waals surface area (Å²) in [6.45, 7) is 0. The van der Waals surface area contributed by atoms with Crippen molar-refractivity contribution in [3.8, 4) is 22.8 Å². The predicted octanol–water partition coefficient (Wildman–Crippen LogP) is 2.98. The third kappa shape index (κ3) is 2.18. The first-order valence-electron chi connectivity index (χ1n) is 5.77. The zero-order valence-corrected chi connectivity index (χ0v) is 10.7. The number of benzene rings is 2. The van der Waals surface area contributed by atoms with E-state index < -0.39 is 0 Å². The Morgan fingerprint density at radius 1 is 0.789 bits per heavy atom. The zero-order valence-electron chi connectivity index (χ0n) is 9.99. The molecule has 2 N–H and O–H groups in total. The molecule has 3 rings (SSSR count). The van der Waals surface area contributed by atoms with Gasteiger partial charge in [0.2, 0.25) is 0 Å². The molecule has 0 saturated heterocycles. The molecule has 1 aromatic heterocycles. The molecule has 0 aliphatic carbocycles. The number of hydrogen-bond acceptors (Lipinski definition) is 3. The lowest BCUT2D eigenvalue weighted by Gasteiger charge is -2.03. The molecule has 0 radical (unpaired) electrons. The summed E-state index contributed by atoms with van der Waals surface area (Å²) in [4.78, 5) is 0. The van der Waals surface area contributed by atoms with Gasteiger partial charge in [0, 0.05) is 16.1 Å². The summed E-state index contributed by atoms with van der Waals surface area (Å²) < 4.78 is 1.48. The minimum absolute atomic E-state index is 0.607. The van der Waals surface area contributed by atoms with Crippen LogP contribution >= 0.6 is 11.6 Å². The maximum atomic E-state index is 6.06. The van der Waals surface area contributed by atoms with Gasteiger partial charge in [-0.25, -0.2) is 4.68 Å². The van der Waals surface area contributed by atoms with E-state index in [0.717, 1.165) is 11.1 Å². The maximum absolute atomic E-state index is 6.06. The summed E-state index contributed by atoms with van der Waals surface area (Å²) in [5, 5.41) is 8.95. The third-order valence-electron chi connectivity index (χ3n) is 2.83. The molecule has 0 fully saturated rings. The highest BCUT2D eigenvalue weighted by molar-refractivity contribution is 6.30. The van der Waals surface area contributed by atoms with Crippen LogP contribution in [-0.4, -0.2) is 14.9 Å². The van der Waals surface area contributed by atoms with Crippen molar-refractivity contribution in [2.75, 3.05) is 5.84 Å². The minimum Gasteiger partial charge on any atom is -0.336 e. The van der Waals surface area contributed by atoms with E-state index in [1.807, 2.05) is 42.5 Å². The van der Waals surface area contributed by atoms with E-state index in [1.54, 1.807) is 12.1 Å². The fourth-order valence-corrected chi connectivity index (χ4v) is 2.00. The van der Waals surface area contributed by atoms with Crippen LogP contribution < -0.4 is 5.84 Å². The van der Waals surface area contributed by atoms with Crippen LogP contribution in [0.4, 0.5) is 0 Å². The lowest BCUT2D eigenvalue weighted by molar-refractivity contribution is 1.02. The highest BCUT2D eigenvalue weighted by Gasteiger charge is 2.12. The first kappa shape index (κ1) is 11.7. The van der Waals surface area contributed by atoms with Crippen LogP contribution in [0, 0.1) is 0 Å². The Hall–Kier alpha value is -2.33. The normalized spacial score (nSPS) is 10.6. The van der Waals surface area contributed by atoms with Crippen molar-refractivity contribution in [2.45, 2.75) is 0 Å². The Morgan fingerprint density at radius 3 is 1.89 bits per heavy atom. The number of hydrogen-bond donors (Lipinski definition) is 1. The van der Waals surface area contributed by atoms with E-state index in [1.165, 1.54) is 4.68 Å². The fraction of sp³-hybridized carbons (Fsp3) is 0. The van der Waals surface area contributed by atoms with Crippen molar-refractivity contribution in [3.05, 3.63) is 59.6 Å². The van der Waals surface area contributed by atoms with E-state index >= 15 is 0 Å². The second kappa shape index (κ2) is 4.74. The molecule has 2 aromatic carbocycles. The van der Waals surface area contributed by atoms with Crippen molar-refractivity contribution >= 4 is 11.6 Å². The molecule has 0 saturated carbocycles. The van der Waals surface area contributed by atoms with Crippen LogP contribution in [0.25, 0.3) is 22.8 Å². The van der Waals surface area contributed by atoms with Crippen molar-refractivity contribution in [1.82, 2.24) is 14.9 Å². The predicted molar refractivity (Wildman–Crippen MR) is 76.1 cm³/mol. The van der Waals surface area contributed by atoms with Gasteiger partial charge >= 0.3 is 0 Å². The van der Waals surface area contributed by atoms with Crippen molar-refractivity contribution in [3.63, 3.8) is 0 Å². The molecule has 0 amide bonds. The van der Waals surface area contributed by atoms with Crippen molar-refractivity contribution in [2.24, 2.45) is 0 Å². The van der Waals surface area contributed by atoms with Gasteiger partial charge in [-0.3, -0.25) is 0 Å². The molecule has 94 valence electrons. The largest absolute Gasteiger partial charge is 0.336 e.